The summed E-state index contributed by atoms with van der Waals surface area (Å²) in [6, 6.07) is 5.07. The number of amides is 1. The van der Waals surface area contributed by atoms with Gasteiger partial charge >= 0.3 is 0 Å². The van der Waals surface area contributed by atoms with Crippen LogP contribution in [0, 0.1) is 12.3 Å². The molecule has 7 nitrogen and oxygen atoms in total. The highest BCUT2D eigenvalue weighted by Crippen LogP contribution is 2.28. The summed E-state index contributed by atoms with van der Waals surface area (Å²) in [6.07, 6.45) is 2.91. The molecule has 26 heavy (non-hydrogen) atoms. The van der Waals surface area contributed by atoms with Crippen molar-refractivity contribution in [3.8, 4) is 0 Å². The van der Waals surface area contributed by atoms with Crippen molar-refractivity contribution in [2.24, 2.45) is 5.41 Å². The highest BCUT2D eigenvalue weighted by Gasteiger charge is 2.32. The van der Waals surface area contributed by atoms with Crippen LogP contribution < -0.4 is 15.4 Å². The number of ether oxygens (including phenoxy) is 1. The van der Waals surface area contributed by atoms with E-state index in [2.05, 4.69) is 15.4 Å². The summed E-state index contributed by atoms with van der Waals surface area (Å²) in [5.41, 5.74) is 1.41. The van der Waals surface area contributed by atoms with Crippen molar-refractivity contribution in [3.05, 3.63) is 29.3 Å². The van der Waals surface area contributed by atoms with Crippen LogP contribution in [-0.4, -0.2) is 53.9 Å². The molecule has 1 aliphatic rings. The molecule has 0 bridgehead atoms. The number of piperidine rings is 1. The van der Waals surface area contributed by atoms with Gasteiger partial charge in [-0.1, -0.05) is 11.6 Å². The van der Waals surface area contributed by atoms with Gasteiger partial charge in [-0.2, -0.15) is 0 Å². The minimum absolute atomic E-state index is 0. The number of hydrogen-bond donors (Lipinski definition) is 3. The van der Waals surface area contributed by atoms with Gasteiger partial charge in [-0.3, -0.25) is 9.52 Å². The number of methoxy groups -OCH3 is 1. The van der Waals surface area contributed by atoms with E-state index in [4.69, 9.17) is 4.74 Å². The second-order valence-electron chi connectivity index (χ2n) is 6.79. The fourth-order valence-corrected chi connectivity index (χ4v) is 3.71. The van der Waals surface area contributed by atoms with E-state index in [1.807, 2.05) is 6.92 Å². The van der Waals surface area contributed by atoms with Crippen molar-refractivity contribution in [3.63, 3.8) is 0 Å². The number of carbonyl (C=O) groups is 1. The molecule has 0 aliphatic carbocycles. The van der Waals surface area contributed by atoms with Crippen LogP contribution >= 0.6 is 12.4 Å². The fourth-order valence-electron chi connectivity index (χ4n) is 3.13. The molecule has 148 valence electrons. The monoisotopic (exact) mass is 405 g/mol. The molecule has 0 spiro atoms. The van der Waals surface area contributed by atoms with Gasteiger partial charge in [0, 0.05) is 19.1 Å². The van der Waals surface area contributed by atoms with Crippen LogP contribution in [0.5, 0.6) is 0 Å². The lowest BCUT2D eigenvalue weighted by Crippen LogP contribution is -2.47. The molecule has 1 aromatic rings. The molecule has 3 N–H and O–H groups in total. The van der Waals surface area contributed by atoms with E-state index in [1.165, 1.54) is 0 Å². The molecule has 9 heteroatoms. The Morgan fingerprint density at radius 2 is 1.96 bits per heavy atom. The predicted molar refractivity (Wildman–Crippen MR) is 106 cm³/mol. The maximum absolute atomic E-state index is 12.7. The number of rotatable bonds is 7. The standard InChI is InChI=1S/C17H27N3O4S.ClH/c1-13-4-5-15(20-25(3,22)23)14(10-13)16(21)19-11-17(12-24-2)6-8-18-9-7-17;/h4-5,10,18,20H,6-9,11-12H2,1-3H3,(H,19,21);1H. The fraction of sp³-hybridized carbons (Fsp3) is 0.588. The van der Waals surface area contributed by atoms with Crippen LogP contribution in [0.25, 0.3) is 0 Å². The van der Waals surface area contributed by atoms with Crippen molar-refractivity contribution in [2.45, 2.75) is 19.8 Å². The molecule has 2 rings (SSSR count). The third kappa shape index (κ3) is 6.42. The maximum atomic E-state index is 12.7. The summed E-state index contributed by atoms with van der Waals surface area (Å²) in [5.74, 6) is -0.288. The lowest BCUT2D eigenvalue weighted by Gasteiger charge is -2.37. The smallest absolute Gasteiger partial charge is 0.253 e. The highest BCUT2D eigenvalue weighted by atomic mass is 35.5. The lowest BCUT2D eigenvalue weighted by atomic mass is 9.79. The molecule has 0 aromatic heterocycles. The first-order chi connectivity index (χ1) is 11.7. The molecule has 1 aromatic carbocycles. The first kappa shape index (κ1) is 22.7. The van der Waals surface area contributed by atoms with E-state index in [9.17, 15) is 13.2 Å². The zero-order valence-electron chi connectivity index (χ0n) is 15.4. The number of benzene rings is 1. The normalized spacial score (nSPS) is 16.4. The molecule has 1 aliphatic heterocycles. The molecule has 0 unspecified atom stereocenters. The number of carbonyl (C=O) groups excluding carboxylic acids is 1. The Hall–Kier alpha value is -1.35. The first-order valence-electron chi connectivity index (χ1n) is 8.31. The summed E-state index contributed by atoms with van der Waals surface area (Å²) in [4.78, 5) is 12.7. The number of anilines is 1. The van der Waals surface area contributed by atoms with Crippen LogP contribution in [0.1, 0.15) is 28.8 Å². The molecular formula is C17H28ClN3O4S. The third-order valence-electron chi connectivity index (χ3n) is 4.45. The zero-order chi connectivity index (χ0) is 18.5. The number of nitrogens with one attached hydrogen (secondary N) is 3. The van der Waals surface area contributed by atoms with Gasteiger partial charge < -0.3 is 15.4 Å². The van der Waals surface area contributed by atoms with Gasteiger partial charge in [0.05, 0.1) is 24.1 Å². The molecule has 0 atom stereocenters. The second-order valence-corrected chi connectivity index (χ2v) is 8.54. The van der Waals surface area contributed by atoms with E-state index < -0.39 is 10.0 Å². The van der Waals surface area contributed by atoms with Gasteiger partial charge in [0.15, 0.2) is 0 Å². The van der Waals surface area contributed by atoms with E-state index in [1.54, 1.807) is 25.3 Å². The summed E-state index contributed by atoms with van der Waals surface area (Å²) in [6.45, 7) is 4.72. The van der Waals surface area contributed by atoms with Crippen molar-refractivity contribution < 1.29 is 17.9 Å². The van der Waals surface area contributed by atoms with Gasteiger partial charge in [-0.25, -0.2) is 8.42 Å². The Kier molecular flexibility index (Phi) is 8.33. The Morgan fingerprint density at radius 1 is 1.31 bits per heavy atom. The second kappa shape index (κ2) is 9.55. The number of aryl methyl sites for hydroxylation is 1. The minimum atomic E-state index is -3.46. The Bertz CT molecular complexity index is 713. The van der Waals surface area contributed by atoms with Gasteiger partial charge in [0.25, 0.3) is 5.91 Å². The largest absolute Gasteiger partial charge is 0.384 e. The van der Waals surface area contributed by atoms with Crippen LogP contribution in [0.4, 0.5) is 5.69 Å². The Balaban J connectivity index is 0.00000338. The summed E-state index contributed by atoms with van der Waals surface area (Å²) in [5, 5.41) is 6.28. The molecule has 0 saturated carbocycles. The number of sulfonamides is 1. The average Bonchev–Trinajstić information content (AvgIpc) is 2.54. The van der Waals surface area contributed by atoms with Gasteiger partial charge in [0.2, 0.25) is 10.0 Å². The summed E-state index contributed by atoms with van der Waals surface area (Å²) < 4.78 is 30.8. The van der Waals surface area contributed by atoms with E-state index in [0.29, 0.717) is 18.7 Å². The van der Waals surface area contributed by atoms with Crippen LogP contribution in [-0.2, 0) is 14.8 Å². The van der Waals surface area contributed by atoms with E-state index in [-0.39, 0.29) is 29.4 Å². The van der Waals surface area contributed by atoms with Crippen molar-refractivity contribution >= 4 is 34.0 Å². The molecule has 1 amide bonds. The SMILES string of the molecule is COCC1(CNC(=O)c2cc(C)ccc2NS(C)(=O)=O)CCNCC1.Cl. The Morgan fingerprint density at radius 3 is 2.54 bits per heavy atom. The van der Waals surface area contributed by atoms with Crippen LogP contribution in [0.15, 0.2) is 18.2 Å². The van der Waals surface area contributed by atoms with Gasteiger partial charge in [-0.05, 0) is 45.0 Å². The molecule has 1 fully saturated rings. The number of halogens is 1. The minimum Gasteiger partial charge on any atom is -0.384 e. The Labute approximate surface area is 161 Å². The quantitative estimate of drug-likeness (QED) is 0.639. The molecule has 0 radical (unpaired) electrons. The van der Waals surface area contributed by atoms with Gasteiger partial charge in [-0.15, -0.1) is 12.4 Å². The topological polar surface area (TPSA) is 96.5 Å². The lowest BCUT2D eigenvalue weighted by molar-refractivity contribution is 0.0512. The molecule has 1 heterocycles. The molecular weight excluding hydrogens is 378 g/mol. The van der Waals surface area contributed by atoms with Gasteiger partial charge in [0.1, 0.15) is 0 Å². The summed E-state index contributed by atoms with van der Waals surface area (Å²) >= 11 is 0. The third-order valence-corrected chi connectivity index (χ3v) is 5.04. The van der Waals surface area contributed by atoms with E-state index >= 15 is 0 Å². The van der Waals surface area contributed by atoms with E-state index in [0.717, 1.165) is 37.8 Å². The maximum Gasteiger partial charge on any atom is 0.253 e. The average molecular weight is 406 g/mol. The van der Waals surface area contributed by atoms with Crippen LogP contribution in [0.2, 0.25) is 0 Å². The highest BCUT2D eigenvalue weighted by molar-refractivity contribution is 7.92. The van der Waals surface area contributed by atoms with Crippen molar-refractivity contribution in [2.75, 3.05) is 44.3 Å². The summed E-state index contributed by atoms with van der Waals surface area (Å²) in [7, 11) is -1.79. The van der Waals surface area contributed by atoms with Crippen LogP contribution in [0.3, 0.4) is 0 Å². The molecule has 1 saturated heterocycles. The first-order valence-corrected chi connectivity index (χ1v) is 10.2. The number of hydrogen-bond acceptors (Lipinski definition) is 5. The zero-order valence-corrected chi connectivity index (χ0v) is 17.1. The predicted octanol–water partition coefficient (Wildman–Crippen LogP) is 1.53. The van der Waals surface area contributed by atoms with Crippen molar-refractivity contribution in [1.29, 1.82) is 0 Å². The van der Waals surface area contributed by atoms with Crippen molar-refractivity contribution in [1.82, 2.24) is 10.6 Å².